The summed E-state index contributed by atoms with van der Waals surface area (Å²) in [5, 5.41) is 5.49. The molecule has 0 heterocycles. The Morgan fingerprint density at radius 1 is 0.674 bits per heavy atom. The van der Waals surface area contributed by atoms with Gasteiger partial charge in [-0.25, -0.2) is 5.57 Å². The van der Waals surface area contributed by atoms with E-state index in [1.807, 2.05) is 0 Å². The molecule has 0 fully saturated rings. The van der Waals surface area contributed by atoms with E-state index in [0.717, 1.165) is 12.1 Å². The number of fused-ring (bicyclic) bond motifs is 3. The molecule has 0 N–H and O–H groups in total. The first-order valence-corrected chi connectivity index (χ1v) is 16.8. The zero-order chi connectivity index (χ0) is 33.7. The minimum atomic E-state index is -4.23. The predicted molar refractivity (Wildman–Crippen MR) is 181 cm³/mol. The van der Waals surface area contributed by atoms with Gasteiger partial charge in [-0.2, -0.15) is 55.2 Å². The summed E-state index contributed by atoms with van der Waals surface area (Å²) in [5.41, 5.74) is 5.66. The molecule has 0 saturated carbocycles. The van der Waals surface area contributed by atoms with Gasteiger partial charge in [0.25, 0.3) is 0 Å². The van der Waals surface area contributed by atoms with Crippen molar-refractivity contribution in [2.45, 2.75) is 93.2 Å². The Hall–Kier alpha value is -1.87. The molecule has 0 aromatic heterocycles. The number of hydrogen-bond acceptors (Lipinski definition) is 0. The van der Waals surface area contributed by atoms with Crippen LogP contribution in [0.2, 0.25) is 0 Å². The Morgan fingerprint density at radius 3 is 1.35 bits per heavy atom. The average Bonchev–Trinajstić information content (AvgIpc) is 3.47. The van der Waals surface area contributed by atoms with Crippen LogP contribution in [-0.4, -0.2) is 4.21 Å². The van der Waals surface area contributed by atoms with E-state index < -0.39 is 11.7 Å². The number of hydrogen-bond donors (Lipinski definition) is 0. The normalized spacial score (nSPS) is 14.7. The summed E-state index contributed by atoms with van der Waals surface area (Å²) in [7, 11) is 0. The molecule has 0 aliphatic heterocycles. The van der Waals surface area contributed by atoms with Gasteiger partial charge in [-0.1, -0.05) is 128 Å². The molecule has 4 aromatic rings. The van der Waals surface area contributed by atoms with Crippen LogP contribution < -0.4 is 24.8 Å². The Labute approximate surface area is 303 Å². The SMILES string of the molecule is CC(C)(C)c1ccc2[cH-]c3ccc(C(C)(C)C)cc3c2c1.CC1=[C-]C(C)C=C1C(C)(C)C.FC(F)(F)c1cc[c-]cc1.[CH2]=[Zr+2].[Cl-].[Cl-]. The molecule has 250 valence electrons. The van der Waals surface area contributed by atoms with Gasteiger partial charge in [-0.15, -0.1) is 39.7 Å². The molecular weight excluding hydrogens is 700 g/mol. The summed E-state index contributed by atoms with van der Waals surface area (Å²) in [5.74, 6) is 0.518. The Kier molecular flexibility index (Phi) is 16.8. The molecule has 5 rings (SSSR count). The molecule has 1 aliphatic carbocycles. The largest absolute Gasteiger partial charge is 1.00 e. The quantitative estimate of drug-likeness (QED) is 0.190. The second-order valence-electron chi connectivity index (χ2n) is 14.4. The van der Waals surface area contributed by atoms with Crippen LogP contribution in [0.3, 0.4) is 0 Å². The number of allylic oxidation sites excluding steroid dienone is 4. The third-order valence-corrected chi connectivity index (χ3v) is 7.56. The van der Waals surface area contributed by atoms with E-state index in [2.05, 4.69) is 141 Å². The fourth-order valence-corrected chi connectivity index (χ4v) is 5.16. The van der Waals surface area contributed by atoms with Gasteiger partial charge in [0.05, 0.1) is 0 Å². The van der Waals surface area contributed by atoms with E-state index >= 15 is 0 Å². The maximum atomic E-state index is 11.8. The maximum absolute atomic E-state index is 11.8. The number of alkyl halides is 3. The van der Waals surface area contributed by atoms with Crippen LogP contribution in [-0.2, 0) is 41.2 Å². The van der Waals surface area contributed by atoms with Crippen LogP contribution in [0.15, 0.2) is 84.0 Å². The molecule has 1 unspecified atom stereocenters. The summed E-state index contributed by atoms with van der Waals surface area (Å²) in [6.45, 7) is 24.8. The van der Waals surface area contributed by atoms with Crippen molar-refractivity contribution in [1.82, 2.24) is 0 Å². The first kappa shape index (κ1) is 44.1. The van der Waals surface area contributed by atoms with E-state index in [0.29, 0.717) is 11.3 Å². The summed E-state index contributed by atoms with van der Waals surface area (Å²) in [6, 6.07) is 23.1. The van der Waals surface area contributed by atoms with Crippen molar-refractivity contribution in [2.75, 3.05) is 0 Å². The van der Waals surface area contributed by atoms with E-state index in [-0.39, 0.29) is 35.6 Å². The topological polar surface area (TPSA) is 0 Å². The van der Waals surface area contributed by atoms with Crippen molar-refractivity contribution >= 4 is 25.8 Å². The Morgan fingerprint density at radius 2 is 1.09 bits per heavy atom. The van der Waals surface area contributed by atoms with Gasteiger partial charge in [0.1, 0.15) is 0 Å². The van der Waals surface area contributed by atoms with Crippen molar-refractivity contribution < 1.29 is 62.2 Å². The van der Waals surface area contributed by atoms with Gasteiger partial charge in [-0.3, -0.25) is 6.08 Å². The molecule has 1 atom stereocenters. The summed E-state index contributed by atoms with van der Waals surface area (Å²) in [4.78, 5) is 0. The van der Waals surface area contributed by atoms with Crippen LogP contribution in [0.5, 0.6) is 0 Å². The molecule has 0 saturated heterocycles. The van der Waals surface area contributed by atoms with Crippen LogP contribution in [0.4, 0.5) is 13.2 Å². The molecular formula is C40H48Cl2F3Zr-3. The third kappa shape index (κ3) is 12.3. The summed E-state index contributed by atoms with van der Waals surface area (Å²) >= 11 is 1.30. The molecule has 46 heavy (non-hydrogen) atoms. The Bertz CT molecular complexity index is 1520. The van der Waals surface area contributed by atoms with Crippen molar-refractivity contribution in [3.63, 3.8) is 0 Å². The van der Waals surface area contributed by atoms with Gasteiger partial charge < -0.3 is 24.8 Å². The third-order valence-electron chi connectivity index (χ3n) is 7.56. The van der Waals surface area contributed by atoms with Crippen molar-refractivity contribution in [2.24, 2.45) is 11.3 Å². The zero-order valence-electron chi connectivity index (χ0n) is 29.1. The van der Waals surface area contributed by atoms with Gasteiger partial charge in [0, 0.05) is 0 Å². The van der Waals surface area contributed by atoms with Gasteiger partial charge in [0.2, 0.25) is 0 Å². The fourth-order valence-electron chi connectivity index (χ4n) is 5.16. The van der Waals surface area contributed by atoms with E-state index in [9.17, 15) is 13.2 Å². The van der Waals surface area contributed by atoms with Gasteiger partial charge in [0.15, 0.2) is 0 Å². The number of halogens is 5. The number of rotatable bonds is 0. The van der Waals surface area contributed by atoms with E-state index in [1.165, 1.54) is 80.2 Å². The first-order chi connectivity index (χ1) is 20.2. The van der Waals surface area contributed by atoms with Crippen LogP contribution in [0.1, 0.15) is 92.9 Å². The fraction of sp³-hybridized carbons (Fsp3) is 0.400. The van der Waals surface area contributed by atoms with Crippen LogP contribution in [0, 0.1) is 23.5 Å². The zero-order valence-corrected chi connectivity index (χ0v) is 33.1. The second kappa shape index (κ2) is 17.5. The minimum Gasteiger partial charge on any atom is -1.00 e. The molecule has 0 bridgehead atoms. The van der Waals surface area contributed by atoms with Gasteiger partial charge in [-0.05, 0) is 10.8 Å². The summed E-state index contributed by atoms with van der Waals surface area (Å²) < 4.78 is 38.7. The monoisotopic (exact) mass is 745 g/mol. The van der Waals surface area contributed by atoms with E-state index in [4.69, 9.17) is 0 Å². The molecule has 4 aromatic carbocycles. The standard InChI is InChI=1S/C21H25.C11H17.C7H4F3.CH2.2ClH.Zr/c1-20(2,3)16-9-7-14-11-15-8-10-17(21(4,5)6)13-19(15)18(14)12-16;1-8-6-9(2)10(7-8)11(3,4)5;8-7(9,10)6-4-2-1-3-5-6;;;;/h7-13H,1-6H3;7-8H,1-5H3;2-5H;1H2;2*1H;/q3*-1;;;;+2/p-2. The maximum Gasteiger partial charge on any atom is -1.00 e. The molecule has 0 nitrogen and oxygen atoms in total. The predicted octanol–water partition coefficient (Wildman–Crippen LogP) is 6.14. The van der Waals surface area contributed by atoms with Crippen LogP contribution >= 0.6 is 0 Å². The van der Waals surface area contributed by atoms with E-state index in [1.54, 1.807) is 0 Å². The van der Waals surface area contributed by atoms with Crippen LogP contribution in [0.25, 0.3) is 21.5 Å². The van der Waals surface area contributed by atoms with Gasteiger partial charge >= 0.3 is 34.6 Å². The second-order valence-corrected chi connectivity index (χ2v) is 14.4. The molecule has 1 aliphatic rings. The smallest absolute Gasteiger partial charge is 1.00 e. The molecule has 0 amide bonds. The average molecular weight is 748 g/mol. The van der Waals surface area contributed by atoms with Crippen molar-refractivity contribution in [3.8, 4) is 0 Å². The molecule has 0 radical (unpaired) electrons. The Balaban J connectivity index is 0.000000691. The van der Waals surface area contributed by atoms with Crippen molar-refractivity contribution in [3.05, 3.63) is 113 Å². The van der Waals surface area contributed by atoms with Crippen molar-refractivity contribution in [1.29, 1.82) is 0 Å². The first-order valence-electron chi connectivity index (χ1n) is 15.0. The minimum absolute atomic E-state index is 0. The molecule has 0 spiro atoms. The molecule has 6 heteroatoms. The number of benzene rings is 3. The summed E-state index contributed by atoms with van der Waals surface area (Å²) in [6.07, 6.45) is 1.49.